The van der Waals surface area contributed by atoms with Crippen LogP contribution in [-0.4, -0.2) is 74.2 Å². The summed E-state index contributed by atoms with van der Waals surface area (Å²) in [5.41, 5.74) is 2.18. The summed E-state index contributed by atoms with van der Waals surface area (Å²) < 4.78 is 25.1. The number of benzene rings is 1. The Morgan fingerprint density at radius 3 is 2.64 bits per heavy atom. The molecule has 0 saturated carbocycles. The van der Waals surface area contributed by atoms with Crippen LogP contribution in [0.1, 0.15) is 11.1 Å². The zero-order valence-electron chi connectivity index (χ0n) is 15.0. The normalized spacial score (nSPS) is 21.6. The molecule has 8 heteroatoms. The lowest BCUT2D eigenvalue weighted by atomic mass is 10.1. The quantitative estimate of drug-likeness (QED) is 0.694. The van der Waals surface area contributed by atoms with Gasteiger partial charge in [-0.2, -0.15) is 0 Å². The summed E-state index contributed by atoms with van der Waals surface area (Å²) in [5, 5.41) is 13.0. The number of carbonyl (C=O) groups excluding carboxylic acids is 1. The Hall–Kier alpha value is -1.48. The Kier molecular flexibility index (Phi) is 6.56. The third-order valence-electron chi connectivity index (χ3n) is 4.57. The van der Waals surface area contributed by atoms with Crippen LogP contribution in [0.5, 0.6) is 0 Å². The van der Waals surface area contributed by atoms with Crippen LogP contribution in [0.3, 0.4) is 0 Å². The van der Waals surface area contributed by atoms with Crippen LogP contribution in [0, 0.1) is 12.8 Å². The standard InChI is InChI=1S/C17H27N3O4S/c1-13-6-4-5-7-14(13)8-18-17(22)11-20-9-15(16(21)10-20)12-25(23,24)19(2)3/h4-7,15-16,21H,8-12H2,1-3H3,(H,18,22)/t15-,16+/m0/s1. The molecular formula is C17H27N3O4S. The topological polar surface area (TPSA) is 90.0 Å². The van der Waals surface area contributed by atoms with E-state index in [0.717, 1.165) is 15.4 Å². The van der Waals surface area contributed by atoms with E-state index in [4.69, 9.17) is 0 Å². The molecule has 1 aliphatic heterocycles. The van der Waals surface area contributed by atoms with E-state index in [-0.39, 0.29) is 24.1 Å². The van der Waals surface area contributed by atoms with Crippen LogP contribution in [0.15, 0.2) is 24.3 Å². The number of likely N-dealkylation sites (tertiary alicyclic amines) is 1. The smallest absolute Gasteiger partial charge is 0.234 e. The van der Waals surface area contributed by atoms with Crippen molar-refractivity contribution in [1.82, 2.24) is 14.5 Å². The first kappa shape index (κ1) is 19.8. The molecule has 140 valence electrons. The fourth-order valence-electron chi connectivity index (χ4n) is 2.92. The second-order valence-electron chi connectivity index (χ2n) is 6.79. The van der Waals surface area contributed by atoms with E-state index in [1.54, 1.807) is 4.90 Å². The average molecular weight is 369 g/mol. The van der Waals surface area contributed by atoms with Gasteiger partial charge in [-0.05, 0) is 18.1 Å². The number of hydrogen-bond acceptors (Lipinski definition) is 5. The molecule has 25 heavy (non-hydrogen) atoms. The molecular weight excluding hydrogens is 342 g/mol. The van der Waals surface area contributed by atoms with Crippen molar-refractivity contribution in [1.29, 1.82) is 0 Å². The highest BCUT2D eigenvalue weighted by Gasteiger charge is 2.35. The minimum absolute atomic E-state index is 0.109. The third-order valence-corrected chi connectivity index (χ3v) is 6.53. The SMILES string of the molecule is Cc1ccccc1CNC(=O)CN1C[C@@H](CS(=O)(=O)N(C)C)[C@H](O)C1. The van der Waals surface area contributed by atoms with Gasteiger partial charge in [0.05, 0.1) is 18.4 Å². The van der Waals surface area contributed by atoms with E-state index >= 15 is 0 Å². The average Bonchev–Trinajstić information content (AvgIpc) is 2.85. The number of nitrogens with one attached hydrogen (secondary N) is 1. The Balaban J connectivity index is 1.83. The van der Waals surface area contributed by atoms with Gasteiger partial charge in [0.15, 0.2) is 0 Å². The van der Waals surface area contributed by atoms with Crippen molar-refractivity contribution < 1.29 is 18.3 Å². The van der Waals surface area contributed by atoms with Gasteiger partial charge in [0.25, 0.3) is 0 Å². The molecule has 1 fully saturated rings. The second-order valence-corrected chi connectivity index (χ2v) is 9.01. The van der Waals surface area contributed by atoms with E-state index in [1.807, 2.05) is 31.2 Å². The van der Waals surface area contributed by atoms with Crippen molar-refractivity contribution in [2.75, 3.05) is 39.5 Å². The molecule has 7 nitrogen and oxygen atoms in total. The second kappa shape index (κ2) is 8.27. The van der Waals surface area contributed by atoms with Crippen LogP contribution in [0.4, 0.5) is 0 Å². The van der Waals surface area contributed by atoms with Gasteiger partial charge in [0.1, 0.15) is 0 Å². The fraction of sp³-hybridized carbons (Fsp3) is 0.588. The molecule has 2 rings (SSSR count). The van der Waals surface area contributed by atoms with Crippen molar-refractivity contribution in [2.45, 2.75) is 19.6 Å². The molecule has 0 spiro atoms. The molecule has 0 unspecified atom stereocenters. The highest BCUT2D eigenvalue weighted by atomic mass is 32.2. The van der Waals surface area contributed by atoms with Crippen LogP contribution >= 0.6 is 0 Å². The van der Waals surface area contributed by atoms with Crippen LogP contribution < -0.4 is 5.32 Å². The Labute approximate surface area is 149 Å². The van der Waals surface area contributed by atoms with Gasteiger partial charge in [-0.25, -0.2) is 12.7 Å². The number of carbonyl (C=O) groups is 1. The molecule has 2 atom stereocenters. The highest BCUT2D eigenvalue weighted by Crippen LogP contribution is 2.19. The lowest BCUT2D eigenvalue weighted by molar-refractivity contribution is -0.122. The first-order valence-corrected chi connectivity index (χ1v) is 9.92. The van der Waals surface area contributed by atoms with E-state index in [2.05, 4.69) is 5.32 Å². The van der Waals surface area contributed by atoms with Crippen LogP contribution in [0.2, 0.25) is 0 Å². The molecule has 0 aromatic heterocycles. The summed E-state index contributed by atoms with van der Waals surface area (Å²) in [6.45, 7) is 3.31. The number of aliphatic hydroxyl groups is 1. The van der Waals surface area contributed by atoms with Gasteiger partial charge < -0.3 is 10.4 Å². The van der Waals surface area contributed by atoms with Crippen molar-refractivity contribution >= 4 is 15.9 Å². The largest absolute Gasteiger partial charge is 0.391 e. The van der Waals surface area contributed by atoms with Gasteiger partial charge in [-0.1, -0.05) is 24.3 Å². The van der Waals surface area contributed by atoms with Crippen molar-refractivity contribution in [3.63, 3.8) is 0 Å². The van der Waals surface area contributed by atoms with Crippen molar-refractivity contribution in [2.24, 2.45) is 5.92 Å². The van der Waals surface area contributed by atoms with E-state index in [9.17, 15) is 18.3 Å². The zero-order valence-corrected chi connectivity index (χ0v) is 15.8. The molecule has 1 heterocycles. The molecule has 0 aliphatic carbocycles. The zero-order chi connectivity index (χ0) is 18.6. The van der Waals surface area contributed by atoms with Crippen molar-refractivity contribution in [3.05, 3.63) is 35.4 Å². The first-order valence-electron chi connectivity index (χ1n) is 8.31. The number of amides is 1. The predicted molar refractivity (Wildman–Crippen MR) is 96.4 cm³/mol. The number of β-amino-alcohol motifs (C(OH)–C–C–N with tert-alkyl or cyclic N) is 1. The van der Waals surface area contributed by atoms with Gasteiger partial charge in [-0.3, -0.25) is 9.69 Å². The minimum atomic E-state index is -3.37. The molecule has 0 radical (unpaired) electrons. The Bertz CT molecular complexity index is 706. The van der Waals surface area contributed by atoms with Crippen molar-refractivity contribution in [3.8, 4) is 0 Å². The number of rotatable bonds is 7. The van der Waals surface area contributed by atoms with Crippen LogP contribution in [0.25, 0.3) is 0 Å². The van der Waals surface area contributed by atoms with Gasteiger partial charge in [0.2, 0.25) is 15.9 Å². The number of hydrogen-bond donors (Lipinski definition) is 2. The van der Waals surface area contributed by atoms with Gasteiger partial charge >= 0.3 is 0 Å². The van der Waals surface area contributed by atoms with Crippen LogP contribution in [-0.2, 0) is 21.4 Å². The Morgan fingerprint density at radius 1 is 1.32 bits per heavy atom. The number of aliphatic hydroxyl groups excluding tert-OH is 1. The van der Waals surface area contributed by atoms with E-state index < -0.39 is 16.1 Å². The Morgan fingerprint density at radius 2 is 2.00 bits per heavy atom. The molecule has 0 bridgehead atoms. The minimum Gasteiger partial charge on any atom is -0.391 e. The number of nitrogens with zero attached hydrogens (tertiary/aromatic N) is 2. The molecule has 2 N–H and O–H groups in total. The van der Waals surface area contributed by atoms with E-state index in [1.165, 1.54) is 14.1 Å². The van der Waals surface area contributed by atoms with Gasteiger partial charge in [0, 0.05) is 39.6 Å². The summed E-state index contributed by atoms with van der Waals surface area (Å²) >= 11 is 0. The molecule has 1 aromatic rings. The molecule has 1 amide bonds. The van der Waals surface area contributed by atoms with E-state index in [0.29, 0.717) is 19.6 Å². The predicted octanol–water partition coefficient (Wildman–Crippen LogP) is -0.205. The summed E-state index contributed by atoms with van der Waals surface area (Å²) in [6.07, 6.45) is -0.737. The number of sulfonamides is 1. The summed E-state index contributed by atoms with van der Waals surface area (Å²) in [5.74, 6) is -0.620. The van der Waals surface area contributed by atoms with Gasteiger partial charge in [-0.15, -0.1) is 0 Å². The molecule has 1 aromatic carbocycles. The fourth-order valence-corrected chi connectivity index (χ4v) is 4.08. The molecule has 1 aliphatic rings. The summed E-state index contributed by atoms with van der Waals surface area (Å²) in [7, 11) is -0.412. The summed E-state index contributed by atoms with van der Waals surface area (Å²) in [6, 6.07) is 7.85. The maximum absolute atomic E-state index is 12.1. The third kappa shape index (κ3) is 5.50. The maximum atomic E-state index is 12.1. The lowest BCUT2D eigenvalue weighted by Gasteiger charge is -2.18. The highest BCUT2D eigenvalue weighted by molar-refractivity contribution is 7.89. The maximum Gasteiger partial charge on any atom is 0.234 e. The number of aryl methyl sites for hydroxylation is 1. The monoisotopic (exact) mass is 369 g/mol. The lowest BCUT2D eigenvalue weighted by Crippen LogP contribution is -2.36. The molecule has 1 saturated heterocycles. The first-order chi connectivity index (χ1) is 11.7. The summed E-state index contributed by atoms with van der Waals surface area (Å²) in [4.78, 5) is 13.9.